The second kappa shape index (κ2) is 17.7. The molecule has 3 amide bonds. The van der Waals surface area contributed by atoms with Crippen LogP contribution in [0.15, 0.2) is 5.10 Å². The number of unbranched alkanes of at least 4 members (excludes halogenated alkanes) is 2. The van der Waals surface area contributed by atoms with Crippen molar-refractivity contribution >= 4 is 29.5 Å². The van der Waals surface area contributed by atoms with Gasteiger partial charge in [0.15, 0.2) is 10.8 Å². The summed E-state index contributed by atoms with van der Waals surface area (Å²) in [6.07, 6.45) is 7.31. The molecular formula is C29H52N8O6. The van der Waals surface area contributed by atoms with E-state index in [2.05, 4.69) is 22.7 Å². The molecule has 43 heavy (non-hydrogen) atoms. The standard InChI is InChI=1S/C29H52N8O6/c1-5-6-7-12-21(33-26(39)25(30)19(2)3)27(40)36-17-10-14-23(36)28(41)35-16-9-13-22(35)24(38)18-20(4)11-8-15-32-29(31)34-37(42)43/h19-23,25H,5-18,30H2,1-4H3,(H,33,39)(H3,31,32,34). The van der Waals surface area contributed by atoms with Crippen LogP contribution >= 0.6 is 0 Å². The molecule has 0 bridgehead atoms. The molecule has 0 aromatic heterocycles. The largest absolute Gasteiger partial charge is 0.365 e. The van der Waals surface area contributed by atoms with Crippen molar-refractivity contribution in [2.45, 2.75) is 122 Å². The molecule has 0 spiro atoms. The number of amides is 3. The van der Waals surface area contributed by atoms with Crippen molar-refractivity contribution in [3.05, 3.63) is 10.1 Å². The van der Waals surface area contributed by atoms with Crippen molar-refractivity contribution in [1.82, 2.24) is 20.4 Å². The first-order chi connectivity index (χ1) is 20.4. The number of hydrazone groups is 1. The Morgan fingerprint density at radius 2 is 1.65 bits per heavy atom. The summed E-state index contributed by atoms with van der Waals surface area (Å²) in [7, 11) is 0. The molecule has 2 rings (SSSR count). The molecule has 2 heterocycles. The van der Waals surface area contributed by atoms with Crippen LogP contribution in [0.4, 0.5) is 0 Å². The molecule has 0 aliphatic carbocycles. The normalized spacial score (nSPS) is 21.0. The topological polar surface area (TPSA) is 206 Å². The molecule has 14 nitrogen and oxygen atoms in total. The summed E-state index contributed by atoms with van der Waals surface area (Å²) < 4.78 is 0. The van der Waals surface area contributed by atoms with E-state index in [4.69, 9.17) is 11.5 Å². The quantitative estimate of drug-likeness (QED) is 0.0619. The predicted molar refractivity (Wildman–Crippen MR) is 163 cm³/mol. The number of guanidine groups is 1. The van der Waals surface area contributed by atoms with Gasteiger partial charge in [-0.15, -0.1) is 0 Å². The van der Waals surface area contributed by atoms with Crippen molar-refractivity contribution in [1.29, 1.82) is 0 Å². The highest BCUT2D eigenvalue weighted by Gasteiger charge is 2.43. The van der Waals surface area contributed by atoms with E-state index in [-0.39, 0.29) is 41.3 Å². The molecule has 2 fully saturated rings. The van der Waals surface area contributed by atoms with Gasteiger partial charge in [0.05, 0.1) is 12.1 Å². The number of hydrogen-bond donors (Lipinski definition) is 4. The van der Waals surface area contributed by atoms with Gasteiger partial charge in [-0.3, -0.25) is 19.2 Å². The lowest BCUT2D eigenvalue weighted by Gasteiger charge is -2.33. The van der Waals surface area contributed by atoms with Crippen LogP contribution in [-0.2, 0) is 19.2 Å². The Morgan fingerprint density at radius 1 is 1.00 bits per heavy atom. The highest BCUT2D eigenvalue weighted by molar-refractivity contribution is 5.95. The summed E-state index contributed by atoms with van der Waals surface area (Å²) in [4.78, 5) is 67.2. The first-order valence-corrected chi connectivity index (χ1v) is 15.8. The number of rotatable bonds is 17. The lowest BCUT2D eigenvalue weighted by atomic mass is 9.95. The number of nitrogens with two attached hydrogens (primary N) is 2. The van der Waals surface area contributed by atoms with E-state index >= 15 is 0 Å². The van der Waals surface area contributed by atoms with Gasteiger partial charge >= 0.3 is 0 Å². The molecule has 5 atom stereocenters. The Bertz CT molecular complexity index is 1010. The number of likely N-dealkylation sites (tertiary alicyclic amines) is 2. The van der Waals surface area contributed by atoms with Gasteiger partial charge in [0.25, 0.3) is 5.96 Å². The summed E-state index contributed by atoms with van der Waals surface area (Å²) in [6.45, 7) is 9.04. The Labute approximate surface area is 254 Å². The summed E-state index contributed by atoms with van der Waals surface area (Å²) in [5, 5.41) is 18.0. The summed E-state index contributed by atoms with van der Waals surface area (Å²) >= 11 is 0. The number of carbonyl (C=O) groups is 4. The van der Waals surface area contributed by atoms with Crippen LogP contribution < -0.4 is 22.1 Å². The van der Waals surface area contributed by atoms with Crippen LogP contribution in [0, 0.1) is 22.0 Å². The van der Waals surface area contributed by atoms with E-state index in [9.17, 15) is 29.3 Å². The van der Waals surface area contributed by atoms with Gasteiger partial charge in [-0.25, -0.2) is 10.1 Å². The van der Waals surface area contributed by atoms with E-state index in [1.54, 1.807) is 9.80 Å². The molecule has 6 N–H and O–H groups in total. The van der Waals surface area contributed by atoms with E-state index < -0.39 is 29.2 Å². The van der Waals surface area contributed by atoms with Crippen LogP contribution in [0.1, 0.15) is 98.3 Å². The highest BCUT2D eigenvalue weighted by Crippen LogP contribution is 2.28. The van der Waals surface area contributed by atoms with E-state index in [1.807, 2.05) is 20.8 Å². The SMILES string of the molecule is CCCCCC(NC(=O)C(N)C(C)C)C(=O)N1CCCC1C(=O)N1CCCC1C(=O)CC(C)CCCN/C(N)=N\[N+](=O)[O-]. The third-order valence-corrected chi connectivity index (χ3v) is 8.38. The molecule has 14 heteroatoms. The zero-order chi connectivity index (χ0) is 32.1. The van der Waals surface area contributed by atoms with Crippen molar-refractivity contribution in [2.24, 2.45) is 28.4 Å². The number of nitro groups is 1. The van der Waals surface area contributed by atoms with Gasteiger partial charge < -0.3 is 31.9 Å². The molecular weight excluding hydrogens is 556 g/mol. The maximum atomic E-state index is 13.8. The number of hydrogen-bond acceptors (Lipinski definition) is 7. The fourth-order valence-electron chi connectivity index (χ4n) is 5.84. The lowest BCUT2D eigenvalue weighted by molar-refractivity contribution is -0.485. The third kappa shape index (κ3) is 11.0. The Morgan fingerprint density at radius 3 is 2.28 bits per heavy atom. The molecule has 2 saturated heterocycles. The second-order valence-corrected chi connectivity index (χ2v) is 12.3. The average molecular weight is 609 g/mol. The summed E-state index contributed by atoms with van der Waals surface area (Å²) in [5.41, 5.74) is 11.5. The fraction of sp³-hybridized carbons (Fsp3) is 0.828. The van der Waals surface area contributed by atoms with Crippen LogP contribution in [0.3, 0.4) is 0 Å². The second-order valence-electron chi connectivity index (χ2n) is 12.3. The van der Waals surface area contributed by atoms with Gasteiger partial charge in [0.1, 0.15) is 17.2 Å². The van der Waals surface area contributed by atoms with E-state index in [1.165, 1.54) is 0 Å². The minimum atomic E-state index is -0.868. The smallest absolute Gasteiger partial charge is 0.266 e. The van der Waals surface area contributed by atoms with Crippen molar-refractivity contribution < 1.29 is 24.2 Å². The first kappa shape index (κ1) is 35.9. The van der Waals surface area contributed by atoms with Crippen molar-refractivity contribution in [2.75, 3.05) is 19.6 Å². The van der Waals surface area contributed by atoms with Crippen LogP contribution in [-0.4, -0.2) is 88.1 Å². The van der Waals surface area contributed by atoms with Crippen LogP contribution in [0.2, 0.25) is 0 Å². The van der Waals surface area contributed by atoms with Gasteiger partial charge in [-0.05, 0) is 56.8 Å². The minimum Gasteiger partial charge on any atom is -0.365 e. The van der Waals surface area contributed by atoms with Crippen molar-refractivity contribution in [3.8, 4) is 0 Å². The lowest BCUT2D eigenvalue weighted by Crippen LogP contribution is -2.57. The highest BCUT2D eigenvalue weighted by atomic mass is 16.7. The number of nitrogens with zero attached hydrogens (tertiary/aromatic N) is 4. The monoisotopic (exact) mass is 608 g/mol. The molecule has 2 aliphatic heterocycles. The molecule has 0 aromatic rings. The zero-order valence-electron chi connectivity index (χ0n) is 26.3. The van der Waals surface area contributed by atoms with Crippen LogP contribution in [0.5, 0.6) is 0 Å². The van der Waals surface area contributed by atoms with Crippen LogP contribution in [0.25, 0.3) is 0 Å². The van der Waals surface area contributed by atoms with Gasteiger partial charge in [-0.1, -0.05) is 47.0 Å². The number of nitrogens with one attached hydrogen (secondary N) is 2. The summed E-state index contributed by atoms with van der Waals surface area (Å²) in [5.74, 6) is -1.11. The predicted octanol–water partition coefficient (Wildman–Crippen LogP) is 1.49. The van der Waals surface area contributed by atoms with Gasteiger partial charge in [0, 0.05) is 26.1 Å². The Kier molecular flexibility index (Phi) is 14.8. The maximum absolute atomic E-state index is 13.8. The molecule has 244 valence electrons. The number of Topliss-reactive ketones (excluding diaryl/α,β-unsaturated/α-hetero) is 1. The van der Waals surface area contributed by atoms with Gasteiger partial charge in [0.2, 0.25) is 17.7 Å². The summed E-state index contributed by atoms with van der Waals surface area (Å²) in [6, 6.07) is -2.64. The van der Waals surface area contributed by atoms with E-state index in [0.717, 1.165) is 25.7 Å². The van der Waals surface area contributed by atoms with E-state index in [0.29, 0.717) is 64.6 Å². The number of carbonyl (C=O) groups excluding carboxylic acids is 4. The third-order valence-electron chi connectivity index (χ3n) is 8.38. The first-order valence-electron chi connectivity index (χ1n) is 15.8. The minimum absolute atomic E-state index is 0.00369. The molecule has 2 aliphatic rings. The Hall–Kier alpha value is -3.29. The molecule has 0 radical (unpaired) electrons. The molecule has 5 unspecified atom stereocenters. The molecule has 0 saturated carbocycles. The van der Waals surface area contributed by atoms with Gasteiger partial charge in [-0.2, -0.15) is 0 Å². The Balaban J connectivity index is 2.01. The van der Waals surface area contributed by atoms with Crippen molar-refractivity contribution in [3.63, 3.8) is 0 Å². The maximum Gasteiger partial charge on any atom is 0.266 e. The fourth-order valence-corrected chi connectivity index (χ4v) is 5.84. The zero-order valence-corrected chi connectivity index (χ0v) is 26.3. The average Bonchev–Trinajstić information content (AvgIpc) is 3.64. The molecule has 0 aromatic carbocycles. The number of ketones is 1.